The van der Waals surface area contributed by atoms with Crippen LogP contribution < -0.4 is 14.4 Å². The Hall–Kier alpha value is -3.62. The normalized spacial score (nSPS) is 18.1. The second-order valence-electron chi connectivity index (χ2n) is 8.66. The molecule has 3 aromatic carbocycles. The van der Waals surface area contributed by atoms with Crippen molar-refractivity contribution in [1.29, 1.82) is 0 Å². The van der Waals surface area contributed by atoms with E-state index in [1.165, 1.54) is 6.07 Å². The number of fused-ring (bicyclic) bond motifs is 1. The van der Waals surface area contributed by atoms with Crippen LogP contribution in [0.25, 0.3) is 0 Å². The van der Waals surface area contributed by atoms with E-state index in [4.69, 9.17) is 9.47 Å². The van der Waals surface area contributed by atoms with Crippen molar-refractivity contribution in [2.24, 2.45) is 10.2 Å². The Morgan fingerprint density at radius 3 is 2.49 bits per heavy atom. The summed E-state index contributed by atoms with van der Waals surface area (Å²) in [6, 6.07) is 19.8. The maximum absolute atomic E-state index is 15.0. The van der Waals surface area contributed by atoms with Crippen LogP contribution in [0.3, 0.4) is 0 Å². The topological polar surface area (TPSA) is 66.7 Å². The molecule has 1 heterocycles. The second kappa shape index (κ2) is 12.1. The maximum Gasteiger partial charge on any atom is 0.238 e. The zero-order valence-corrected chi connectivity index (χ0v) is 22.3. The van der Waals surface area contributed by atoms with Crippen molar-refractivity contribution < 1.29 is 35.7 Å². The Kier molecular flexibility index (Phi) is 9.12. The van der Waals surface area contributed by atoms with Crippen LogP contribution in [0.2, 0.25) is 0 Å². The predicted molar refractivity (Wildman–Crippen MR) is 142 cm³/mol. The Morgan fingerprint density at radius 2 is 1.81 bits per heavy atom. The van der Waals surface area contributed by atoms with Crippen LogP contribution >= 0.6 is 0 Å². The second-order valence-corrected chi connectivity index (χ2v) is 8.66. The summed E-state index contributed by atoms with van der Waals surface area (Å²) in [6.45, 7) is 4.84. The minimum atomic E-state index is -0.618. The largest absolute Gasteiger partial charge is 0.497 e. The standard InChI is InChI=1S/C29H30FN3O3.Co/c1-5-33-25-15-14-21(35-3)18-23(25)29(2,19-22-24(30)12-9-13-26(22)36-4)27(33)16-17-31-32-28(34)20-10-7-6-8-11-20;/h6-18H,5,19H2,1-4H3,(H,32,34);/b27-16-,31-17+;. The maximum atomic E-state index is 15.0. The van der Waals surface area contributed by atoms with Gasteiger partial charge in [-0.2, -0.15) is 5.10 Å². The fourth-order valence-electron chi connectivity index (χ4n) is 4.78. The third-order valence-electron chi connectivity index (χ3n) is 6.57. The first-order valence-electron chi connectivity index (χ1n) is 11.8. The molecule has 8 heteroatoms. The number of anilines is 1. The van der Waals surface area contributed by atoms with Crippen LogP contribution in [0.1, 0.15) is 30.5 Å². The molecule has 0 saturated heterocycles. The quantitative estimate of drug-likeness (QED) is 0.212. The summed E-state index contributed by atoms with van der Waals surface area (Å²) in [7, 11) is 3.18. The minimum absolute atomic E-state index is 0. The molecular weight excluding hydrogens is 516 g/mol. The van der Waals surface area contributed by atoms with E-state index >= 15 is 4.39 Å². The first-order valence-corrected chi connectivity index (χ1v) is 11.8. The average Bonchev–Trinajstić information content (AvgIpc) is 3.14. The average molecular weight is 547 g/mol. The molecule has 0 spiro atoms. The van der Waals surface area contributed by atoms with Gasteiger partial charge in [-0.1, -0.05) is 24.3 Å². The molecule has 1 unspecified atom stereocenters. The summed E-state index contributed by atoms with van der Waals surface area (Å²) < 4.78 is 26.0. The van der Waals surface area contributed by atoms with Gasteiger partial charge in [0, 0.05) is 51.2 Å². The fraction of sp³-hybridized carbons (Fsp3) is 0.241. The van der Waals surface area contributed by atoms with Crippen LogP contribution in [-0.4, -0.2) is 38.0 Å². The van der Waals surface area contributed by atoms with Crippen molar-refractivity contribution in [1.82, 2.24) is 0 Å². The van der Waals surface area contributed by atoms with E-state index in [2.05, 4.69) is 29.0 Å². The van der Waals surface area contributed by atoms with Gasteiger partial charge in [-0.3, -0.25) is 0 Å². The van der Waals surface area contributed by atoms with Gasteiger partial charge in [0.05, 0.1) is 20.4 Å². The number of halogens is 1. The van der Waals surface area contributed by atoms with Gasteiger partial charge in [-0.15, -0.1) is 5.10 Å². The van der Waals surface area contributed by atoms with Crippen molar-refractivity contribution in [3.63, 3.8) is 0 Å². The number of hydrogen-bond acceptors (Lipinski definition) is 5. The number of methoxy groups -OCH3 is 2. The molecule has 1 N–H and O–H groups in total. The van der Waals surface area contributed by atoms with Crippen molar-refractivity contribution in [3.8, 4) is 11.5 Å². The van der Waals surface area contributed by atoms with Gasteiger partial charge < -0.3 is 19.5 Å². The van der Waals surface area contributed by atoms with Gasteiger partial charge in [0.1, 0.15) is 17.3 Å². The van der Waals surface area contributed by atoms with Gasteiger partial charge in [-0.25, -0.2) is 4.39 Å². The SMILES string of the molecule is CCN1\C(=C/C=N/N=C(\O)c2ccccc2)C(C)(Cc2c(F)cccc2OC)c2cc(OC)ccc21.[Co]. The molecule has 195 valence electrons. The van der Waals surface area contributed by atoms with Gasteiger partial charge in [0.15, 0.2) is 0 Å². The summed E-state index contributed by atoms with van der Waals surface area (Å²) in [5.41, 5.74) is 3.42. The third kappa shape index (κ3) is 5.55. The first-order chi connectivity index (χ1) is 17.4. The van der Waals surface area contributed by atoms with E-state index in [1.807, 2.05) is 42.5 Å². The summed E-state index contributed by atoms with van der Waals surface area (Å²) >= 11 is 0. The molecule has 0 fully saturated rings. The molecule has 0 saturated carbocycles. The van der Waals surface area contributed by atoms with Crippen LogP contribution in [0.15, 0.2) is 88.7 Å². The van der Waals surface area contributed by atoms with Gasteiger partial charge in [-0.05, 0) is 74.4 Å². The van der Waals surface area contributed by atoms with E-state index in [1.54, 1.807) is 44.7 Å². The molecule has 1 radical (unpaired) electrons. The molecule has 0 aromatic heterocycles. The van der Waals surface area contributed by atoms with Crippen molar-refractivity contribution in [2.45, 2.75) is 25.7 Å². The molecule has 4 rings (SSSR count). The first kappa shape index (κ1) is 28.0. The number of aliphatic hydroxyl groups is 1. The van der Waals surface area contributed by atoms with Crippen LogP contribution in [0, 0.1) is 5.82 Å². The number of allylic oxidation sites excluding steroid dienone is 2. The number of hydrogen-bond donors (Lipinski definition) is 1. The molecule has 1 aliphatic rings. The number of benzene rings is 3. The van der Waals surface area contributed by atoms with E-state index in [0.29, 0.717) is 29.8 Å². The molecule has 37 heavy (non-hydrogen) atoms. The summed E-state index contributed by atoms with van der Waals surface area (Å²) in [4.78, 5) is 2.18. The third-order valence-corrected chi connectivity index (χ3v) is 6.57. The zero-order chi connectivity index (χ0) is 25.7. The molecule has 6 nitrogen and oxygen atoms in total. The Balaban J connectivity index is 0.00000380. The molecular formula is C29H30CoFN3O3. The molecule has 0 aliphatic carbocycles. The van der Waals surface area contributed by atoms with Crippen molar-refractivity contribution in [2.75, 3.05) is 25.7 Å². The fourth-order valence-corrected chi connectivity index (χ4v) is 4.78. The van der Waals surface area contributed by atoms with Crippen molar-refractivity contribution >= 4 is 17.8 Å². The smallest absolute Gasteiger partial charge is 0.238 e. The summed E-state index contributed by atoms with van der Waals surface area (Å²) in [5, 5.41) is 18.3. The van der Waals surface area contributed by atoms with Crippen LogP contribution in [0.5, 0.6) is 11.5 Å². The Labute approximate surface area is 227 Å². The molecule has 0 bridgehead atoms. The molecule has 1 atom stereocenters. The number of aliphatic hydroxyl groups excluding tert-OH is 1. The minimum Gasteiger partial charge on any atom is -0.497 e. The molecule has 3 aromatic rings. The number of ether oxygens (including phenoxy) is 2. The predicted octanol–water partition coefficient (Wildman–Crippen LogP) is 6.06. The summed E-state index contributed by atoms with van der Waals surface area (Å²) in [5.74, 6) is 0.737. The number of likely N-dealkylation sites (N-methyl/N-ethyl adjacent to an activating group) is 1. The van der Waals surface area contributed by atoms with Gasteiger partial charge in [0.2, 0.25) is 5.90 Å². The molecule has 0 amide bonds. The van der Waals surface area contributed by atoms with Gasteiger partial charge in [0.25, 0.3) is 0 Å². The Bertz CT molecular complexity index is 1330. The Morgan fingerprint density at radius 1 is 1.05 bits per heavy atom. The van der Waals surface area contributed by atoms with E-state index < -0.39 is 5.41 Å². The zero-order valence-electron chi connectivity index (χ0n) is 21.2. The van der Waals surface area contributed by atoms with E-state index in [9.17, 15) is 5.11 Å². The number of rotatable bonds is 8. The summed E-state index contributed by atoms with van der Waals surface area (Å²) in [6.07, 6.45) is 3.78. The van der Waals surface area contributed by atoms with Crippen molar-refractivity contribution in [3.05, 3.63) is 101 Å². The van der Waals surface area contributed by atoms with Crippen LogP contribution in [0.4, 0.5) is 10.1 Å². The molecule has 1 aliphatic heterocycles. The van der Waals surface area contributed by atoms with E-state index in [0.717, 1.165) is 22.7 Å². The van der Waals surface area contributed by atoms with Gasteiger partial charge >= 0.3 is 0 Å². The van der Waals surface area contributed by atoms with E-state index in [-0.39, 0.29) is 28.5 Å². The van der Waals surface area contributed by atoms with Crippen LogP contribution in [-0.2, 0) is 28.6 Å². The number of nitrogens with zero attached hydrogens (tertiary/aromatic N) is 3. The monoisotopic (exact) mass is 546 g/mol.